The molecule has 3 rings (SSSR count). The average molecular weight is 428 g/mol. The molecule has 26 heavy (non-hydrogen) atoms. The summed E-state index contributed by atoms with van der Waals surface area (Å²) in [5, 5.41) is 3.13. The summed E-state index contributed by atoms with van der Waals surface area (Å²) in [6.45, 7) is 4.36. The SMILES string of the molecule is Cc1ccc(N2CCC(NC(=O)[C@@H]3CC[C@H](CN)O3)CC2)nc1.Cl.Cl.Cl. The molecule has 6 nitrogen and oxygen atoms in total. The highest BCUT2D eigenvalue weighted by Crippen LogP contribution is 2.21. The Labute approximate surface area is 173 Å². The second kappa shape index (κ2) is 11.8. The number of pyridine rings is 1. The number of nitrogens with one attached hydrogen (secondary N) is 1. The van der Waals surface area contributed by atoms with Crippen LogP contribution < -0.4 is 16.0 Å². The third-order valence-electron chi connectivity index (χ3n) is 4.72. The van der Waals surface area contributed by atoms with E-state index in [-0.39, 0.29) is 61.4 Å². The lowest BCUT2D eigenvalue weighted by Gasteiger charge is -2.33. The summed E-state index contributed by atoms with van der Waals surface area (Å²) in [7, 11) is 0. The molecule has 150 valence electrons. The Hall–Kier alpha value is -0.790. The molecule has 0 radical (unpaired) electrons. The van der Waals surface area contributed by atoms with Crippen LogP contribution in [-0.4, -0.2) is 48.8 Å². The van der Waals surface area contributed by atoms with Gasteiger partial charge in [0.25, 0.3) is 0 Å². The van der Waals surface area contributed by atoms with E-state index in [1.165, 1.54) is 5.56 Å². The maximum atomic E-state index is 12.3. The fourth-order valence-corrected chi connectivity index (χ4v) is 3.27. The number of hydrogen-bond acceptors (Lipinski definition) is 5. The third-order valence-corrected chi connectivity index (χ3v) is 4.72. The van der Waals surface area contributed by atoms with E-state index >= 15 is 0 Å². The number of ether oxygens (including phenoxy) is 1. The number of nitrogens with two attached hydrogens (primary N) is 1. The molecule has 3 heterocycles. The lowest BCUT2D eigenvalue weighted by molar-refractivity contribution is -0.132. The lowest BCUT2D eigenvalue weighted by Crippen LogP contribution is -2.47. The van der Waals surface area contributed by atoms with Crippen LogP contribution in [0, 0.1) is 6.92 Å². The molecule has 0 aliphatic carbocycles. The third kappa shape index (κ3) is 6.43. The van der Waals surface area contributed by atoms with Crippen LogP contribution in [0.3, 0.4) is 0 Å². The van der Waals surface area contributed by atoms with Crippen molar-refractivity contribution in [1.82, 2.24) is 10.3 Å². The normalized spacial score (nSPS) is 22.6. The number of aromatic nitrogens is 1. The van der Waals surface area contributed by atoms with Gasteiger partial charge in [-0.2, -0.15) is 0 Å². The number of amides is 1. The molecule has 0 saturated carbocycles. The topological polar surface area (TPSA) is 80.5 Å². The van der Waals surface area contributed by atoms with Gasteiger partial charge in [-0.3, -0.25) is 4.79 Å². The fourth-order valence-electron chi connectivity index (χ4n) is 3.27. The average Bonchev–Trinajstić information content (AvgIpc) is 3.06. The van der Waals surface area contributed by atoms with Crippen LogP contribution in [-0.2, 0) is 9.53 Å². The van der Waals surface area contributed by atoms with Crippen molar-refractivity contribution < 1.29 is 9.53 Å². The molecule has 2 aliphatic rings. The van der Waals surface area contributed by atoms with E-state index in [0.29, 0.717) is 6.54 Å². The molecule has 1 aromatic rings. The largest absolute Gasteiger partial charge is 0.364 e. The van der Waals surface area contributed by atoms with E-state index in [2.05, 4.69) is 27.3 Å². The number of piperidine rings is 1. The van der Waals surface area contributed by atoms with Gasteiger partial charge in [0.15, 0.2) is 0 Å². The van der Waals surface area contributed by atoms with Gasteiger partial charge in [0.05, 0.1) is 6.10 Å². The van der Waals surface area contributed by atoms with Crippen molar-refractivity contribution in [3.8, 4) is 0 Å². The molecule has 0 unspecified atom stereocenters. The molecular formula is C17H29Cl3N4O2. The van der Waals surface area contributed by atoms with Gasteiger partial charge in [-0.15, -0.1) is 37.2 Å². The van der Waals surface area contributed by atoms with Crippen LogP contribution in [0.1, 0.15) is 31.2 Å². The Balaban J connectivity index is 0.00000208. The number of hydrogen-bond donors (Lipinski definition) is 2. The van der Waals surface area contributed by atoms with Crippen LogP contribution in [0.2, 0.25) is 0 Å². The van der Waals surface area contributed by atoms with Gasteiger partial charge in [0.2, 0.25) is 5.91 Å². The smallest absolute Gasteiger partial charge is 0.249 e. The molecule has 0 aromatic carbocycles. The number of anilines is 1. The first kappa shape index (κ1) is 25.2. The fraction of sp³-hybridized carbons (Fsp3) is 0.647. The Morgan fingerprint density at radius 2 is 1.92 bits per heavy atom. The lowest BCUT2D eigenvalue weighted by atomic mass is 10.0. The first-order valence-electron chi connectivity index (χ1n) is 8.49. The summed E-state index contributed by atoms with van der Waals surface area (Å²) in [6.07, 6.45) is 5.16. The van der Waals surface area contributed by atoms with Crippen LogP contribution >= 0.6 is 37.2 Å². The quantitative estimate of drug-likeness (QED) is 0.770. The maximum Gasteiger partial charge on any atom is 0.249 e. The summed E-state index contributed by atoms with van der Waals surface area (Å²) < 4.78 is 5.66. The van der Waals surface area contributed by atoms with E-state index in [4.69, 9.17) is 10.5 Å². The number of carbonyl (C=O) groups excluding carboxylic acids is 1. The molecule has 2 aliphatic heterocycles. The van der Waals surface area contributed by atoms with Crippen molar-refractivity contribution in [3.63, 3.8) is 0 Å². The van der Waals surface area contributed by atoms with Gasteiger partial charge >= 0.3 is 0 Å². The molecule has 2 atom stereocenters. The monoisotopic (exact) mass is 426 g/mol. The number of halogens is 3. The van der Waals surface area contributed by atoms with Crippen molar-refractivity contribution >= 4 is 48.9 Å². The zero-order valence-electron chi connectivity index (χ0n) is 14.9. The Morgan fingerprint density at radius 1 is 1.23 bits per heavy atom. The van der Waals surface area contributed by atoms with E-state index < -0.39 is 0 Å². The number of carbonyl (C=O) groups is 1. The highest BCUT2D eigenvalue weighted by molar-refractivity contribution is 5.86. The minimum Gasteiger partial charge on any atom is -0.364 e. The Morgan fingerprint density at radius 3 is 2.46 bits per heavy atom. The van der Waals surface area contributed by atoms with Crippen molar-refractivity contribution in [1.29, 1.82) is 0 Å². The van der Waals surface area contributed by atoms with Crippen LogP contribution in [0.15, 0.2) is 18.3 Å². The van der Waals surface area contributed by atoms with Gasteiger partial charge < -0.3 is 20.7 Å². The molecule has 1 amide bonds. The van der Waals surface area contributed by atoms with Gasteiger partial charge in [-0.1, -0.05) is 6.07 Å². The van der Waals surface area contributed by atoms with E-state index in [0.717, 1.165) is 44.6 Å². The summed E-state index contributed by atoms with van der Waals surface area (Å²) in [4.78, 5) is 19.0. The molecule has 2 fully saturated rings. The minimum absolute atomic E-state index is 0. The second-order valence-electron chi connectivity index (χ2n) is 6.52. The molecule has 9 heteroatoms. The Kier molecular flexibility index (Phi) is 11.5. The predicted octanol–water partition coefficient (Wildman–Crippen LogP) is 2.25. The molecule has 3 N–H and O–H groups in total. The molecule has 2 saturated heterocycles. The van der Waals surface area contributed by atoms with Crippen molar-refractivity contribution in [2.75, 3.05) is 24.5 Å². The number of nitrogens with zero attached hydrogens (tertiary/aromatic N) is 2. The maximum absolute atomic E-state index is 12.3. The van der Waals surface area contributed by atoms with Crippen LogP contribution in [0.5, 0.6) is 0 Å². The summed E-state index contributed by atoms with van der Waals surface area (Å²) in [5.41, 5.74) is 6.76. The standard InChI is InChI=1S/C17H26N4O2.3ClH/c1-12-2-5-16(19-11-12)21-8-6-13(7-9-21)20-17(22)15-4-3-14(10-18)23-15;;;/h2,5,11,13-15H,3-4,6-10,18H2,1H3,(H,20,22);3*1H/t14-,15+;;;/m1.../s1. The molecule has 0 spiro atoms. The van der Waals surface area contributed by atoms with Crippen molar-refractivity contribution in [3.05, 3.63) is 23.9 Å². The number of aryl methyl sites for hydroxylation is 1. The van der Waals surface area contributed by atoms with Crippen molar-refractivity contribution in [2.24, 2.45) is 5.73 Å². The highest BCUT2D eigenvalue weighted by atomic mass is 35.5. The van der Waals surface area contributed by atoms with Gasteiger partial charge in [0.1, 0.15) is 11.9 Å². The molecule has 1 aromatic heterocycles. The second-order valence-corrected chi connectivity index (χ2v) is 6.52. The van der Waals surface area contributed by atoms with E-state index in [1.54, 1.807) is 0 Å². The van der Waals surface area contributed by atoms with Crippen LogP contribution in [0.4, 0.5) is 5.82 Å². The van der Waals surface area contributed by atoms with Gasteiger partial charge in [-0.05, 0) is 44.2 Å². The zero-order valence-corrected chi connectivity index (χ0v) is 17.4. The number of rotatable bonds is 4. The first-order valence-corrected chi connectivity index (χ1v) is 8.49. The van der Waals surface area contributed by atoms with Gasteiger partial charge in [-0.25, -0.2) is 4.98 Å². The van der Waals surface area contributed by atoms with Crippen LogP contribution in [0.25, 0.3) is 0 Å². The summed E-state index contributed by atoms with van der Waals surface area (Å²) in [5.74, 6) is 1.04. The highest BCUT2D eigenvalue weighted by Gasteiger charge is 2.31. The summed E-state index contributed by atoms with van der Waals surface area (Å²) >= 11 is 0. The van der Waals surface area contributed by atoms with Gasteiger partial charge in [0, 0.05) is 31.9 Å². The van der Waals surface area contributed by atoms with Crippen molar-refractivity contribution in [2.45, 2.75) is 50.9 Å². The molecular weight excluding hydrogens is 399 g/mol. The minimum atomic E-state index is -0.319. The Bertz CT molecular complexity index is 539. The zero-order chi connectivity index (χ0) is 16.2. The molecule has 0 bridgehead atoms. The predicted molar refractivity (Wildman–Crippen MR) is 111 cm³/mol. The van der Waals surface area contributed by atoms with E-state index in [1.807, 2.05) is 13.1 Å². The first-order chi connectivity index (χ1) is 11.2. The van der Waals surface area contributed by atoms with E-state index in [9.17, 15) is 4.79 Å². The summed E-state index contributed by atoms with van der Waals surface area (Å²) in [6, 6.07) is 4.37.